The molecule has 2 N–H and O–H groups in total. The van der Waals surface area contributed by atoms with Crippen LogP contribution in [0.4, 0.5) is 4.79 Å². The number of hydrogen-bond acceptors (Lipinski definition) is 5. The van der Waals surface area contributed by atoms with Gasteiger partial charge >= 0.3 is 6.09 Å². The average molecular weight is 564 g/mol. The molecule has 0 unspecified atom stereocenters. The first-order valence-corrected chi connectivity index (χ1v) is 11.6. The van der Waals surface area contributed by atoms with Gasteiger partial charge in [0.25, 0.3) is 0 Å². The van der Waals surface area contributed by atoms with Crippen molar-refractivity contribution in [3.63, 3.8) is 0 Å². The van der Waals surface area contributed by atoms with Crippen molar-refractivity contribution in [2.24, 2.45) is 4.99 Å². The van der Waals surface area contributed by atoms with Crippen LogP contribution in [-0.4, -0.2) is 79.3 Å². The molecule has 0 atom stereocenters. The van der Waals surface area contributed by atoms with Crippen molar-refractivity contribution in [2.45, 2.75) is 72.0 Å². The Kier molecular flexibility index (Phi) is 13.7. The highest BCUT2D eigenvalue weighted by Gasteiger charge is 2.24. The molecule has 8 nitrogen and oxygen atoms in total. The van der Waals surface area contributed by atoms with E-state index in [0.717, 1.165) is 50.6 Å². The number of hydrogen-bond donors (Lipinski definition) is 2. The number of ether oxygens (including phenoxy) is 1. The number of nitrogens with one attached hydrogen (secondary N) is 2. The van der Waals surface area contributed by atoms with Crippen LogP contribution in [0.1, 0.15) is 53.2 Å². The van der Waals surface area contributed by atoms with Gasteiger partial charge in [-0.2, -0.15) is 0 Å². The highest BCUT2D eigenvalue weighted by atomic mass is 127. The van der Waals surface area contributed by atoms with E-state index in [1.54, 1.807) is 11.2 Å². The third-order valence-electron chi connectivity index (χ3n) is 5.56. The van der Waals surface area contributed by atoms with Gasteiger partial charge in [-0.05, 0) is 59.6 Å². The predicted octanol–water partition coefficient (Wildman–Crippen LogP) is 3.72. The molecule has 1 aliphatic rings. The first-order valence-electron chi connectivity index (χ1n) is 11.6. The Morgan fingerprint density at radius 2 is 1.97 bits per heavy atom. The highest BCUT2D eigenvalue weighted by Crippen LogP contribution is 2.11. The van der Waals surface area contributed by atoms with Gasteiger partial charge in [-0.25, -0.2) is 4.79 Å². The van der Waals surface area contributed by atoms with E-state index in [0.29, 0.717) is 31.8 Å². The minimum absolute atomic E-state index is 0. The molecular weight excluding hydrogens is 521 g/mol. The highest BCUT2D eigenvalue weighted by molar-refractivity contribution is 14.0. The van der Waals surface area contributed by atoms with Crippen molar-refractivity contribution >= 4 is 36.0 Å². The monoisotopic (exact) mass is 563 g/mol. The van der Waals surface area contributed by atoms with E-state index < -0.39 is 0 Å². The molecule has 184 valence electrons. The summed E-state index contributed by atoms with van der Waals surface area (Å²) in [5.41, 5.74) is 0. The van der Waals surface area contributed by atoms with Crippen LogP contribution in [0.2, 0.25) is 0 Å². The minimum Gasteiger partial charge on any atom is -0.469 e. The van der Waals surface area contributed by atoms with Gasteiger partial charge in [-0.3, -0.25) is 9.89 Å². The van der Waals surface area contributed by atoms with Crippen LogP contribution in [-0.2, 0) is 11.2 Å². The summed E-state index contributed by atoms with van der Waals surface area (Å²) in [6.07, 6.45) is 4.04. The molecule has 32 heavy (non-hydrogen) atoms. The van der Waals surface area contributed by atoms with E-state index in [-0.39, 0.29) is 36.1 Å². The van der Waals surface area contributed by atoms with Crippen LogP contribution in [0.3, 0.4) is 0 Å². The SMILES string of the molecule is CCOC(=O)N1CCC(NC(=NCCN(C(C)C)C(C)C)NCCc2ccco2)CC1.I. The number of piperidine rings is 1. The van der Waals surface area contributed by atoms with Gasteiger partial charge in [0, 0.05) is 50.7 Å². The number of nitrogens with zero attached hydrogens (tertiary/aromatic N) is 3. The van der Waals surface area contributed by atoms with Crippen molar-refractivity contribution in [3.8, 4) is 0 Å². The smallest absolute Gasteiger partial charge is 0.409 e. The molecule has 1 aliphatic heterocycles. The second kappa shape index (κ2) is 15.4. The largest absolute Gasteiger partial charge is 0.469 e. The Bertz CT molecular complexity index is 651. The zero-order chi connectivity index (χ0) is 22.6. The number of carbonyl (C=O) groups is 1. The maximum atomic E-state index is 11.9. The zero-order valence-electron chi connectivity index (χ0n) is 20.3. The van der Waals surface area contributed by atoms with Gasteiger partial charge in [-0.15, -0.1) is 24.0 Å². The standard InChI is InChI=1S/C23H41N5O3.HI/c1-6-30-23(29)27-14-10-20(11-15-27)26-22(24-12-9-21-8-7-17-31-21)25-13-16-28(18(2)3)19(4)5;/h7-8,17-20H,6,9-16H2,1-5H3,(H2,24,25,26);1H. The van der Waals surface area contributed by atoms with E-state index in [1.165, 1.54) is 0 Å². The summed E-state index contributed by atoms with van der Waals surface area (Å²) < 4.78 is 10.5. The van der Waals surface area contributed by atoms with Gasteiger partial charge in [0.15, 0.2) is 5.96 Å². The maximum Gasteiger partial charge on any atom is 0.409 e. The molecule has 0 aromatic carbocycles. The molecule has 1 saturated heterocycles. The summed E-state index contributed by atoms with van der Waals surface area (Å²) in [6, 6.07) is 5.16. The van der Waals surface area contributed by atoms with E-state index in [9.17, 15) is 4.79 Å². The van der Waals surface area contributed by atoms with Gasteiger partial charge < -0.3 is 24.7 Å². The van der Waals surface area contributed by atoms with Crippen LogP contribution in [0.25, 0.3) is 0 Å². The summed E-state index contributed by atoms with van der Waals surface area (Å²) in [6.45, 7) is 14.9. The van der Waals surface area contributed by atoms with E-state index in [1.807, 2.05) is 19.1 Å². The summed E-state index contributed by atoms with van der Waals surface area (Å²) >= 11 is 0. The Hall–Kier alpha value is -1.49. The molecule has 1 aromatic heterocycles. The van der Waals surface area contributed by atoms with Gasteiger partial charge in [0.1, 0.15) is 5.76 Å². The lowest BCUT2D eigenvalue weighted by atomic mass is 10.1. The lowest BCUT2D eigenvalue weighted by Gasteiger charge is -2.32. The Labute approximate surface area is 210 Å². The van der Waals surface area contributed by atoms with Crippen molar-refractivity contribution in [3.05, 3.63) is 24.2 Å². The molecular formula is C23H42IN5O3. The number of rotatable bonds is 10. The number of guanidine groups is 1. The summed E-state index contributed by atoms with van der Waals surface area (Å²) in [4.78, 5) is 21.0. The zero-order valence-corrected chi connectivity index (χ0v) is 22.6. The van der Waals surface area contributed by atoms with Gasteiger partial charge in [0.05, 0.1) is 19.4 Å². The Morgan fingerprint density at radius 1 is 1.28 bits per heavy atom. The fourth-order valence-electron chi connectivity index (χ4n) is 3.92. The summed E-state index contributed by atoms with van der Waals surface area (Å²) in [7, 11) is 0. The third kappa shape index (κ3) is 9.97. The fourth-order valence-corrected chi connectivity index (χ4v) is 3.92. The summed E-state index contributed by atoms with van der Waals surface area (Å²) in [5.74, 6) is 1.79. The van der Waals surface area contributed by atoms with Crippen LogP contribution in [0.5, 0.6) is 0 Å². The lowest BCUT2D eigenvalue weighted by Crippen LogP contribution is -2.50. The number of halogens is 1. The fraction of sp³-hybridized carbons (Fsp3) is 0.739. The van der Waals surface area contributed by atoms with E-state index in [2.05, 4.69) is 43.2 Å². The van der Waals surface area contributed by atoms with Crippen LogP contribution >= 0.6 is 24.0 Å². The average Bonchev–Trinajstić information content (AvgIpc) is 3.24. The van der Waals surface area contributed by atoms with Crippen molar-refractivity contribution in [2.75, 3.05) is 39.3 Å². The van der Waals surface area contributed by atoms with Gasteiger partial charge in [0.2, 0.25) is 0 Å². The topological polar surface area (TPSA) is 82.3 Å². The number of carbonyl (C=O) groups excluding carboxylic acids is 1. The molecule has 0 bridgehead atoms. The molecule has 0 saturated carbocycles. The molecule has 9 heteroatoms. The second-order valence-electron chi connectivity index (χ2n) is 8.52. The normalized spacial score (nSPS) is 15.2. The predicted molar refractivity (Wildman–Crippen MR) is 140 cm³/mol. The molecule has 2 heterocycles. The molecule has 0 radical (unpaired) electrons. The third-order valence-corrected chi connectivity index (χ3v) is 5.56. The first-order chi connectivity index (χ1) is 14.9. The quantitative estimate of drug-likeness (QED) is 0.257. The Morgan fingerprint density at radius 3 is 2.53 bits per heavy atom. The first kappa shape index (κ1) is 28.5. The minimum atomic E-state index is -0.214. The van der Waals surface area contributed by atoms with Crippen molar-refractivity contribution in [1.29, 1.82) is 0 Å². The van der Waals surface area contributed by atoms with Gasteiger partial charge in [-0.1, -0.05) is 0 Å². The molecule has 1 aromatic rings. The lowest BCUT2D eigenvalue weighted by molar-refractivity contribution is 0.0963. The number of aliphatic imine (C=N–C) groups is 1. The maximum absolute atomic E-state index is 11.9. The molecule has 1 amide bonds. The number of likely N-dealkylation sites (tertiary alicyclic amines) is 1. The van der Waals surface area contributed by atoms with Crippen LogP contribution in [0, 0.1) is 0 Å². The molecule has 0 aliphatic carbocycles. The number of furan rings is 1. The van der Waals surface area contributed by atoms with Crippen molar-refractivity contribution in [1.82, 2.24) is 20.4 Å². The number of amides is 1. The van der Waals surface area contributed by atoms with Crippen molar-refractivity contribution < 1.29 is 13.9 Å². The van der Waals surface area contributed by atoms with E-state index in [4.69, 9.17) is 14.1 Å². The molecule has 2 rings (SSSR count). The summed E-state index contributed by atoms with van der Waals surface area (Å²) in [5, 5.41) is 7.02. The van der Waals surface area contributed by atoms with E-state index >= 15 is 0 Å². The second-order valence-corrected chi connectivity index (χ2v) is 8.52. The molecule has 0 spiro atoms. The Balaban J connectivity index is 0.00000512. The van der Waals surface area contributed by atoms with Crippen LogP contribution in [0.15, 0.2) is 27.8 Å². The van der Waals surface area contributed by atoms with Crippen LogP contribution < -0.4 is 10.6 Å². The molecule has 1 fully saturated rings.